The summed E-state index contributed by atoms with van der Waals surface area (Å²) in [6.07, 6.45) is 22.5. The molecular formula is C34H58O2. The van der Waals surface area contributed by atoms with Crippen molar-refractivity contribution in [2.45, 2.75) is 150 Å². The molecule has 0 amide bonds. The van der Waals surface area contributed by atoms with Gasteiger partial charge in [0, 0.05) is 12.8 Å². The number of esters is 1. The Balaban J connectivity index is 1.36. The van der Waals surface area contributed by atoms with Crippen molar-refractivity contribution >= 4 is 5.97 Å². The summed E-state index contributed by atoms with van der Waals surface area (Å²) >= 11 is 0. The molecular weight excluding hydrogens is 440 g/mol. The van der Waals surface area contributed by atoms with Gasteiger partial charge in [-0.2, -0.15) is 0 Å². The van der Waals surface area contributed by atoms with E-state index in [-0.39, 0.29) is 12.1 Å². The van der Waals surface area contributed by atoms with Crippen LogP contribution < -0.4 is 0 Å². The second kappa shape index (κ2) is 11.9. The van der Waals surface area contributed by atoms with E-state index in [1.807, 2.05) is 0 Å². The van der Waals surface area contributed by atoms with Crippen molar-refractivity contribution < 1.29 is 9.53 Å². The molecule has 0 radical (unpaired) electrons. The van der Waals surface area contributed by atoms with E-state index in [0.717, 1.165) is 61.2 Å². The molecule has 3 saturated carbocycles. The molecule has 4 rings (SSSR count). The molecule has 4 aliphatic rings. The van der Waals surface area contributed by atoms with Crippen LogP contribution in [0.2, 0.25) is 0 Å². The molecule has 0 aromatic rings. The van der Waals surface area contributed by atoms with Gasteiger partial charge in [0.2, 0.25) is 0 Å². The zero-order valence-electron chi connectivity index (χ0n) is 24.7. The van der Waals surface area contributed by atoms with Crippen LogP contribution in [0.25, 0.3) is 0 Å². The first kappa shape index (κ1) is 28.2. The normalized spacial score (nSPS) is 38.6. The molecule has 0 aliphatic heterocycles. The largest absolute Gasteiger partial charge is 0.462 e. The van der Waals surface area contributed by atoms with E-state index in [4.69, 9.17) is 4.74 Å². The number of hydrogen-bond donors (Lipinski definition) is 0. The van der Waals surface area contributed by atoms with E-state index in [2.05, 4.69) is 47.6 Å². The molecule has 0 spiro atoms. The van der Waals surface area contributed by atoms with Crippen LogP contribution in [0, 0.1) is 46.3 Å². The second-order valence-electron chi connectivity index (χ2n) is 14.5. The van der Waals surface area contributed by atoms with Crippen molar-refractivity contribution in [1.29, 1.82) is 0 Å². The highest BCUT2D eigenvalue weighted by Crippen LogP contribution is 2.67. The van der Waals surface area contributed by atoms with Crippen molar-refractivity contribution in [1.82, 2.24) is 0 Å². The van der Waals surface area contributed by atoms with Gasteiger partial charge in [-0.05, 0) is 97.7 Å². The fourth-order valence-corrected chi connectivity index (χ4v) is 9.69. The number of carbonyl (C=O) groups is 1. The van der Waals surface area contributed by atoms with Crippen molar-refractivity contribution in [3.63, 3.8) is 0 Å². The molecule has 2 nitrogen and oxygen atoms in total. The lowest BCUT2D eigenvalue weighted by Gasteiger charge is -2.58. The third-order valence-electron chi connectivity index (χ3n) is 11.8. The van der Waals surface area contributed by atoms with Crippen LogP contribution in [-0.4, -0.2) is 12.1 Å². The molecule has 8 atom stereocenters. The van der Waals surface area contributed by atoms with Crippen molar-refractivity contribution in [3.8, 4) is 0 Å². The summed E-state index contributed by atoms with van der Waals surface area (Å²) in [4.78, 5) is 12.4. The molecule has 0 N–H and O–H groups in total. The predicted molar refractivity (Wildman–Crippen MR) is 152 cm³/mol. The first-order valence-electron chi connectivity index (χ1n) is 16.1. The average Bonchev–Trinajstić information content (AvgIpc) is 3.19. The molecule has 0 aromatic carbocycles. The summed E-state index contributed by atoms with van der Waals surface area (Å²) < 4.78 is 5.99. The van der Waals surface area contributed by atoms with E-state index in [9.17, 15) is 4.79 Å². The Morgan fingerprint density at radius 3 is 2.53 bits per heavy atom. The number of rotatable bonds is 11. The van der Waals surface area contributed by atoms with E-state index in [0.29, 0.717) is 17.3 Å². The van der Waals surface area contributed by atoms with Gasteiger partial charge in [-0.25, -0.2) is 0 Å². The van der Waals surface area contributed by atoms with Crippen molar-refractivity contribution in [2.75, 3.05) is 0 Å². The van der Waals surface area contributed by atoms with Gasteiger partial charge in [0.25, 0.3) is 0 Å². The highest BCUT2D eigenvalue weighted by atomic mass is 16.5. The Kier molecular flexibility index (Phi) is 9.36. The highest BCUT2D eigenvalue weighted by Gasteiger charge is 2.59. The van der Waals surface area contributed by atoms with Crippen LogP contribution >= 0.6 is 0 Å². The zero-order chi connectivity index (χ0) is 25.9. The van der Waals surface area contributed by atoms with Crippen LogP contribution in [0.5, 0.6) is 0 Å². The first-order chi connectivity index (χ1) is 17.2. The maximum atomic E-state index is 12.4. The van der Waals surface area contributed by atoms with Crippen molar-refractivity contribution in [2.24, 2.45) is 46.3 Å². The monoisotopic (exact) mass is 498 g/mol. The average molecular weight is 499 g/mol. The first-order valence-corrected chi connectivity index (χ1v) is 16.1. The number of hydrogen-bond acceptors (Lipinski definition) is 2. The summed E-state index contributed by atoms with van der Waals surface area (Å²) in [5.41, 5.74) is 2.54. The lowest BCUT2D eigenvalue weighted by Crippen LogP contribution is -2.51. The summed E-state index contributed by atoms with van der Waals surface area (Å²) in [5, 5.41) is 0. The molecule has 4 aliphatic carbocycles. The van der Waals surface area contributed by atoms with Crippen LogP contribution in [0.4, 0.5) is 0 Å². The molecule has 0 heterocycles. The third-order valence-corrected chi connectivity index (χ3v) is 11.8. The highest BCUT2D eigenvalue weighted by molar-refractivity contribution is 5.69. The van der Waals surface area contributed by atoms with Gasteiger partial charge in [0.05, 0.1) is 0 Å². The fourth-order valence-electron chi connectivity index (χ4n) is 9.69. The summed E-state index contributed by atoms with van der Waals surface area (Å²) in [6, 6.07) is 0. The molecule has 2 heteroatoms. The summed E-state index contributed by atoms with van der Waals surface area (Å²) in [7, 11) is 0. The van der Waals surface area contributed by atoms with Gasteiger partial charge in [-0.1, -0.05) is 91.7 Å². The quantitative estimate of drug-likeness (QED) is 0.161. The Morgan fingerprint density at radius 2 is 1.78 bits per heavy atom. The number of ether oxygens (including phenoxy) is 1. The van der Waals surface area contributed by atoms with Crippen LogP contribution in [0.3, 0.4) is 0 Å². The van der Waals surface area contributed by atoms with Crippen molar-refractivity contribution in [3.05, 3.63) is 11.6 Å². The van der Waals surface area contributed by atoms with E-state index in [1.165, 1.54) is 70.6 Å². The van der Waals surface area contributed by atoms with Gasteiger partial charge < -0.3 is 4.74 Å². The molecule has 0 bridgehead atoms. The minimum absolute atomic E-state index is 0.0435. The standard InChI is InChI=1S/C34H58O2/c1-7-8-9-10-14-32(35)36-27-19-21-33(5)26(23-27)15-16-28-30-18-17-29(25(4)13-11-12-24(2)3)34(30,6)22-20-31(28)33/h15,24-25,27-31H,7-14,16-23H2,1-6H3/t25-,27?,28?,29-,30?,31?,33+,34-/m1/s1. The van der Waals surface area contributed by atoms with E-state index < -0.39 is 0 Å². The van der Waals surface area contributed by atoms with Crippen LogP contribution in [0.15, 0.2) is 11.6 Å². The maximum Gasteiger partial charge on any atom is 0.306 e. The number of unbranched alkanes of at least 4 members (excludes halogenated alkanes) is 3. The minimum Gasteiger partial charge on any atom is -0.462 e. The third kappa shape index (κ3) is 5.78. The minimum atomic E-state index is 0.0435. The van der Waals surface area contributed by atoms with Crippen LogP contribution in [-0.2, 0) is 9.53 Å². The topological polar surface area (TPSA) is 26.3 Å². The SMILES string of the molecule is CCCCCCC(=O)OC1CC[C@@]2(C)C(=CCC3C2CC[C@@]2(C)C3CC[C@@H]2[C@H](C)CCCC(C)C)C1. The Labute approximate surface area is 223 Å². The van der Waals surface area contributed by atoms with Crippen LogP contribution in [0.1, 0.15) is 144 Å². The summed E-state index contributed by atoms with van der Waals surface area (Å²) in [5.74, 6) is 5.34. The number of allylic oxidation sites excluding steroid dienone is 1. The second-order valence-corrected chi connectivity index (χ2v) is 14.5. The molecule has 0 saturated heterocycles. The van der Waals surface area contributed by atoms with Gasteiger partial charge in [0.1, 0.15) is 6.10 Å². The Morgan fingerprint density at radius 1 is 0.972 bits per heavy atom. The Bertz CT molecular complexity index is 767. The number of carbonyl (C=O) groups excluding carboxylic acids is 1. The molecule has 4 unspecified atom stereocenters. The number of fused-ring (bicyclic) bond motifs is 5. The Hall–Kier alpha value is -0.790. The van der Waals surface area contributed by atoms with E-state index >= 15 is 0 Å². The van der Waals surface area contributed by atoms with Gasteiger partial charge in [-0.3, -0.25) is 4.79 Å². The molecule has 206 valence electrons. The maximum absolute atomic E-state index is 12.4. The predicted octanol–water partition coefficient (Wildman–Crippen LogP) is 9.91. The smallest absolute Gasteiger partial charge is 0.306 e. The molecule has 3 fully saturated rings. The molecule has 36 heavy (non-hydrogen) atoms. The van der Waals surface area contributed by atoms with Gasteiger partial charge >= 0.3 is 5.97 Å². The molecule has 0 aromatic heterocycles. The van der Waals surface area contributed by atoms with Gasteiger partial charge in [-0.15, -0.1) is 0 Å². The zero-order valence-corrected chi connectivity index (χ0v) is 24.7. The summed E-state index contributed by atoms with van der Waals surface area (Å²) in [6.45, 7) is 14.8. The lowest BCUT2D eigenvalue weighted by atomic mass is 9.47. The van der Waals surface area contributed by atoms with Gasteiger partial charge in [0.15, 0.2) is 0 Å². The lowest BCUT2D eigenvalue weighted by molar-refractivity contribution is -0.151. The van der Waals surface area contributed by atoms with E-state index in [1.54, 1.807) is 5.57 Å². The fraction of sp³-hybridized carbons (Fsp3) is 0.912.